The lowest BCUT2D eigenvalue weighted by Crippen LogP contribution is -2.59. The van der Waals surface area contributed by atoms with Crippen molar-refractivity contribution in [2.45, 2.75) is 175 Å². The zero-order valence-corrected chi connectivity index (χ0v) is 33.8. The van der Waals surface area contributed by atoms with Crippen LogP contribution in [0.25, 0.3) is 0 Å². The minimum absolute atomic E-state index is 0.186. The molecule has 0 aromatic heterocycles. The van der Waals surface area contributed by atoms with E-state index in [0.29, 0.717) is 31.6 Å². The summed E-state index contributed by atoms with van der Waals surface area (Å²) in [5.74, 6) is -4.32. The fourth-order valence-electron chi connectivity index (χ4n) is 8.35. The second kappa shape index (κ2) is 20.8. The van der Waals surface area contributed by atoms with Crippen LogP contribution in [-0.2, 0) is 23.8 Å². The summed E-state index contributed by atoms with van der Waals surface area (Å²) in [6.07, 6.45) is 10.9. The van der Waals surface area contributed by atoms with Crippen molar-refractivity contribution in [1.82, 2.24) is 0 Å². The average molecular weight is 749 g/mol. The van der Waals surface area contributed by atoms with E-state index in [1.165, 1.54) is 6.08 Å². The van der Waals surface area contributed by atoms with Crippen LogP contribution >= 0.6 is 0 Å². The summed E-state index contributed by atoms with van der Waals surface area (Å²) in [4.78, 5) is 26.4. The average Bonchev–Trinajstić information content (AvgIpc) is 3.12. The Kier molecular flexibility index (Phi) is 17.9. The van der Waals surface area contributed by atoms with Gasteiger partial charge in [0.1, 0.15) is 11.9 Å². The van der Waals surface area contributed by atoms with E-state index in [1.807, 2.05) is 32.1 Å². The lowest BCUT2D eigenvalue weighted by molar-refractivity contribution is -0.361. The molecule has 304 valence electrons. The summed E-state index contributed by atoms with van der Waals surface area (Å²) < 4.78 is 19.8. The first kappa shape index (κ1) is 45.5. The number of aliphatic hydroxyl groups is 5. The number of carbonyl (C=O) groups excluding carboxylic acids is 2. The number of carbonyl (C=O) groups is 2. The van der Waals surface area contributed by atoms with E-state index >= 15 is 0 Å². The number of Topliss-reactive ketones (excluding diaryl/α,β-unsaturated/α-hetero) is 1. The van der Waals surface area contributed by atoms with Crippen molar-refractivity contribution in [3.05, 3.63) is 36.5 Å². The number of rotatable bonds is 3. The fraction of sp³-hybridized carbons (Fsp3) is 0.814. The number of ketones is 1. The van der Waals surface area contributed by atoms with E-state index in [4.69, 9.17) is 14.2 Å². The van der Waals surface area contributed by atoms with E-state index in [-0.39, 0.29) is 42.2 Å². The van der Waals surface area contributed by atoms with Crippen LogP contribution in [0.4, 0.5) is 0 Å². The molecule has 0 radical (unpaired) electrons. The molecule has 5 N–H and O–H groups in total. The SMILES string of the molecule is CCC1/C=C/C=C/CC(C)C(O)C(C)C(=O)CC(O)C(C)C(O)C(C)C(O)C(C)/C=C/C(=O)OC2CC(CC1)OC1(CCC(C)C(CC(C)O)O1)C2C. The summed E-state index contributed by atoms with van der Waals surface area (Å²) in [5, 5.41) is 54.4. The predicted molar refractivity (Wildman–Crippen MR) is 205 cm³/mol. The molecule has 3 aliphatic heterocycles. The topological polar surface area (TPSA) is 163 Å². The molecule has 0 aromatic rings. The molecule has 10 heteroatoms. The largest absolute Gasteiger partial charge is 0.459 e. The summed E-state index contributed by atoms with van der Waals surface area (Å²) in [6, 6.07) is 0. The normalized spacial score (nSPS) is 45.9. The van der Waals surface area contributed by atoms with Crippen molar-refractivity contribution in [1.29, 1.82) is 0 Å². The van der Waals surface area contributed by atoms with Gasteiger partial charge in [-0.1, -0.05) is 85.8 Å². The van der Waals surface area contributed by atoms with Crippen molar-refractivity contribution in [2.75, 3.05) is 0 Å². The minimum Gasteiger partial charge on any atom is -0.459 e. The van der Waals surface area contributed by atoms with Crippen LogP contribution in [0.3, 0.4) is 0 Å². The summed E-state index contributed by atoms with van der Waals surface area (Å²) in [6.45, 7) is 16.7. The van der Waals surface area contributed by atoms with E-state index < -0.39 is 72.1 Å². The predicted octanol–water partition coefficient (Wildman–Crippen LogP) is 6.07. The molecule has 2 bridgehead atoms. The van der Waals surface area contributed by atoms with Crippen molar-refractivity contribution in [2.24, 2.45) is 47.3 Å². The summed E-state index contributed by atoms with van der Waals surface area (Å²) >= 11 is 0. The standard InChI is InChI=1S/C43H72O10/c1-10-33-15-13-11-12-14-26(3)40(48)29(6)35(45)24-36(46)30(7)42(50)31(8)41(49)27(4)16-19-39(47)51-38-23-34(18-17-33)52-43(32(38)9)21-20-25(2)37(53-43)22-28(5)44/h11-13,15-16,19,25-34,36-38,40-42,44,46,48-50H,10,14,17-18,20-24H2,1-9H3/b12-11+,15-13+,19-16+. The van der Waals surface area contributed by atoms with Gasteiger partial charge < -0.3 is 39.7 Å². The van der Waals surface area contributed by atoms with Crippen molar-refractivity contribution < 1.29 is 49.3 Å². The van der Waals surface area contributed by atoms with Gasteiger partial charge in [-0.15, -0.1) is 0 Å². The molecular weight excluding hydrogens is 676 g/mol. The Morgan fingerprint density at radius 2 is 1.55 bits per heavy atom. The van der Waals surface area contributed by atoms with Crippen LogP contribution in [0.1, 0.15) is 120 Å². The van der Waals surface area contributed by atoms with Gasteiger partial charge in [0.2, 0.25) is 0 Å². The molecule has 0 saturated carbocycles. The highest BCUT2D eigenvalue weighted by molar-refractivity contribution is 5.82. The van der Waals surface area contributed by atoms with Crippen molar-refractivity contribution >= 4 is 11.8 Å². The van der Waals surface area contributed by atoms with E-state index in [9.17, 15) is 35.1 Å². The molecule has 3 heterocycles. The van der Waals surface area contributed by atoms with Crippen LogP contribution in [0.15, 0.2) is 36.5 Å². The Morgan fingerprint density at radius 3 is 2.21 bits per heavy atom. The first-order valence-corrected chi connectivity index (χ1v) is 20.4. The summed E-state index contributed by atoms with van der Waals surface area (Å²) in [5.41, 5.74) is 0. The molecular formula is C43H72O10. The van der Waals surface area contributed by atoms with Crippen molar-refractivity contribution in [3.8, 4) is 0 Å². The highest BCUT2D eigenvalue weighted by atomic mass is 16.7. The molecule has 10 nitrogen and oxygen atoms in total. The van der Waals surface area contributed by atoms with Gasteiger partial charge in [0.05, 0.1) is 42.7 Å². The van der Waals surface area contributed by atoms with Crippen LogP contribution in [-0.4, -0.2) is 91.9 Å². The number of aliphatic hydroxyl groups excluding tert-OH is 5. The molecule has 3 aliphatic rings. The third-order valence-electron chi connectivity index (χ3n) is 12.7. The summed E-state index contributed by atoms with van der Waals surface area (Å²) in [7, 11) is 0. The lowest BCUT2D eigenvalue weighted by Gasteiger charge is -2.53. The van der Waals surface area contributed by atoms with Crippen molar-refractivity contribution in [3.63, 3.8) is 0 Å². The smallest absolute Gasteiger partial charge is 0.330 e. The number of esters is 1. The zero-order valence-electron chi connectivity index (χ0n) is 33.8. The number of fused-ring (bicyclic) bond motifs is 2. The highest BCUT2D eigenvalue weighted by Gasteiger charge is 2.53. The second-order valence-electron chi connectivity index (χ2n) is 17.0. The molecule has 2 saturated heterocycles. The van der Waals surface area contributed by atoms with Gasteiger partial charge in [0, 0.05) is 54.9 Å². The highest BCUT2D eigenvalue weighted by Crippen LogP contribution is 2.47. The monoisotopic (exact) mass is 749 g/mol. The van der Waals surface area contributed by atoms with E-state index in [1.54, 1.807) is 40.7 Å². The first-order valence-electron chi connectivity index (χ1n) is 20.4. The molecule has 0 aromatic carbocycles. The third-order valence-corrected chi connectivity index (χ3v) is 12.7. The van der Waals surface area contributed by atoms with Gasteiger partial charge in [-0.25, -0.2) is 4.79 Å². The molecule has 1 spiro atoms. The first-order chi connectivity index (χ1) is 24.9. The van der Waals surface area contributed by atoms with Gasteiger partial charge in [0.25, 0.3) is 0 Å². The Morgan fingerprint density at radius 1 is 0.849 bits per heavy atom. The van der Waals surface area contributed by atoms with Gasteiger partial charge >= 0.3 is 5.97 Å². The maximum atomic E-state index is 13.4. The number of allylic oxidation sites excluding steroid dienone is 4. The molecule has 0 amide bonds. The Hall–Kier alpha value is -1.92. The molecule has 17 atom stereocenters. The molecule has 0 aliphatic carbocycles. The Bertz CT molecular complexity index is 1230. The number of hydrogen-bond acceptors (Lipinski definition) is 10. The van der Waals surface area contributed by atoms with Crippen LogP contribution in [0, 0.1) is 47.3 Å². The van der Waals surface area contributed by atoms with E-state index in [2.05, 4.69) is 19.9 Å². The van der Waals surface area contributed by atoms with Gasteiger partial charge in [-0.2, -0.15) is 0 Å². The second-order valence-corrected chi connectivity index (χ2v) is 17.0. The zero-order chi connectivity index (χ0) is 39.6. The van der Waals surface area contributed by atoms with Crippen LogP contribution in [0.2, 0.25) is 0 Å². The fourth-order valence-corrected chi connectivity index (χ4v) is 8.35. The quantitative estimate of drug-likeness (QED) is 0.214. The van der Waals surface area contributed by atoms with Gasteiger partial charge in [-0.05, 0) is 63.2 Å². The van der Waals surface area contributed by atoms with Crippen LogP contribution in [0.5, 0.6) is 0 Å². The van der Waals surface area contributed by atoms with Gasteiger partial charge in [-0.3, -0.25) is 4.79 Å². The Balaban J connectivity index is 1.90. The number of hydrogen-bond donors (Lipinski definition) is 5. The molecule has 2 fully saturated rings. The molecule has 17 unspecified atom stereocenters. The van der Waals surface area contributed by atoms with E-state index in [0.717, 1.165) is 25.7 Å². The Labute approximate surface area is 319 Å². The minimum atomic E-state index is -1.17. The molecule has 3 rings (SSSR count). The number of ether oxygens (including phenoxy) is 3. The maximum Gasteiger partial charge on any atom is 0.330 e. The third kappa shape index (κ3) is 12.5. The van der Waals surface area contributed by atoms with Gasteiger partial charge in [0.15, 0.2) is 5.79 Å². The molecule has 53 heavy (non-hydrogen) atoms. The van der Waals surface area contributed by atoms with Crippen LogP contribution < -0.4 is 0 Å². The lowest BCUT2D eigenvalue weighted by atomic mass is 9.78. The maximum absolute atomic E-state index is 13.4.